The Bertz CT molecular complexity index is 812. The second-order valence-electron chi connectivity index (χ2n) is 5.80. The van der Waals surface area contributed by atoms with E-state index >= 15 is 0 Å². The van der Waals surface area contributed by atoms with Crippen molar-refractivity contribution in [2.45, 2.75) is 53.4 Å². The predicted octanol–water partition coefficient (Wildman–Crippen LogP) is 4.68. The summed E-state index contributed by atoms with van der Waals surface area (Å²) in [5.41, 5.74) is 8.39. The Labute approximate surface area is 135 Å². The molecule has 3 aromatic rings. The minimum absolute atomic E-state index is 0.513. The number of fused-ring (bicyclic) bond motifs is 1. The van der Waals surface area contributed by atoms with Crippen molar-refractivity contribution in [1.82, 2.24) is 19.6 Å². The standard InChI is InChI=1S/C17H22N4S/c1-6-13(7-2)14-8-10(3)19-17-15(11(4)20-21(14)17)16-12(5)18-9-22-16/h8-9,13H,6-7H2,1-5H3. The van der Waals surface area contributed by atoms with Crippen LogP contribution in [-0.2, 0) is 0 Å². The molecule has 0 aliphatic heterocycles. The van der Waals surface area contributed by atoms with Crippen molar-refractivity contribution in [2.75, 3.05) is 0 Å². The van der Waals surface area contributed by atoms with Crippen molar-refractivity contribution in [3.8, 4) is 10.4 Å². The average molecular weight is 314 g/mol. The zero-order chi connectivity index (χ0) is 15.9. The largest absolute Gasteiger partial charge is 0.249 e. The van der Waals surface area contributed by atoms with Gasteiger partial charge in [-0.25, -0.2) is 14.5 Å². The lowest BCUT2D eigenvalue weighted by Gasteiger charge is -2.15. The Morgan fingerprint density at radius 1 is 1.14 bits per heavy atom. The third kappa shape index (κ3) is 2.33. The number of aryl methyl sites for hydroxylation is 3. The zero-order valence-electron chi connectivity index (χ0n) is 13.8. The van der Waals surface area contributed by atoms with Crippen molar-refractivity contribution in [3.63, 3.8) is 0 Å². The second-order valence-corrected chi connectivity index (χ2v) is 6.65. The van der Waals surface area contributed by atoms with Crippen LogP contribution in [0.25, 0.3) is 16.1 Å². The smallest absolute Gasteiger partial charge is 0.164 e. The maximum Gasteiger partial charge on any atom is 0.164 e. The Balaban J connectivity index is 2.33. The lowest BCUT2D eigenvalue weighted by Crippen LogP contribution is -2.07. The normalized spacial score (nSPS) is 11.7. The van der Waals surface area contributed by atoms with Gasteiger partial charge in [0.1, 0.15) is 0 Å². The van der Waals surface area contributed by atoms with E-state index in [1.807, 2.05) is 12.4 Å². The molecule has 0 aliphatic rings. The molecule has 0 saturated carbocycles. The molecule has 3 rings (SSSR count). The molecule has 0 N–H and O–H groups in total. The lowest BCUT2D eigenvalue weighted by molar-refractivity contribution is 0.598. The molecular weight excluding hydrogens is 292 g/mol. The van der Waals surface area contributed by atoms with E-state index in [1.165, 1.54) is 10.6 Å². The number of hydrogen-bond donors (Lipinski definition) is 0. The van der Waals surface area contributed by atoms with Gasteiger partial charge < -0.3 is 0 Å². The molecule has 3 aromatic heterocycles. The van der Waals surface area contributed by atoms with Gasteiger partial charge >= 0.3 is 0 Å². The molecule has 0 amide bonds. The van der Waals surface area contributed by atoms with Gasteiger partial charge in [0.2, 0.25) is 0 Å². The van der Waals surface area contributed by atoms with E-state index in [0.717, 1.165) is 41.1 Å². The highest BCUT2D eigenvalue weighted by Crippen LogP contribution is 2.34. The van der Waals surface area contributed by atoms with Crippen LogP contribution in [0.4, 0.5) is 0 Å². The van der Waals surface area contributed by atoms with Crippen LogP contribution in [0, 0.1) is 20.8 Å². The topological polar surface area (TPSA) is 43.1 Å². The molecule has 5 heteroatoms. The number of aromatic nitrogens is 4. The number of rotatable bonds is 4. The van der Waals surface area contributed by atoms with Crippen LogP contribution in [0.1, 0.15) is 55.4 Å². The van der Waals surface area contributed by atoms with E-state index in [2.05, 4.69) is 43.3 Å². The maximum atomic E-state index is 4.80. The predicted molar refractivity (Wildman–Crippen MR) is 91.6 cm³/mol. The van der Waals surface area contributed by atoms with Gasteiger partial charge in [0, 0.05) is 17.3 Å². The van der Waals surface area contributed by atoms with E-state index in [9.17, 15) is 0 Å². The summed E-state index contributed by atoms with van der Waals surface area (Å²) in [6, 6.07) is 2.18. The van der Waals surface area contributed by atoms with Crippen LogP contribution < -0.4 is 0 Å². The van der Waals surface area contributed by atoms with Gasteiger partial charge in [-0.3, -0.25) is 0 Å². The van der Waals surface area contributed by atoms with Gasteiger partial charge in [0.05, 0.1) is 27.3 Å². The monoisotopic (exact) mass is 314 g/mol. The van der Waals surface area contributed by atoms with Crippen molar-refractivity contribution >= 4 is 17.0 Å². The van der Waals surface area contributed by atoms with E-state index in [-0.39, 0.29) is 0 Å². The molecule has 116 valence electrons. The third-order valence-electron chi connectivity index (χ3n) is 4.30. The Morgan fingerprint density at radius 2 is 1.86 bits per heavy atom. The van der Waals surface area contributed by atoms with Crippen molar-refractivity contribution < 1.29 is 0 Å². The molecule has 3 heterocycles. The molecule has 0 unspecified atom stereocenters. The molecule has 0 saturated heterocycles. The summed E-state index contributed by atoms with van der Waals surface area (Å²) in [4.78, 5) is 10.4. The first-order chi connectivity index (χ1) is 10.6. The van der Waals surface area contributed by atoms with Gasteiger partial charge in [-0.2, -0.15) is 5.10 Å². The summed E-state index contributed by atoms with van der Waals surface area (Å²) in [6.45, 7) is 10.7. The minimum Gasteiger partial charge on any atom is -0.249 e. The summed E-state index contributed by atoms with van der Waals surface area (Å²) in [7, 11) is 0. The fraction of sp³-hybridized carbons (Fsp3) is 0.471. The molecule has 0 aromatic carbocycles. The van der Waals surface area contributed by atoms with E-state index < -0.39 is 0 Å². The Morgan fingerprint density at radius 3 is 2.45 bits per heavy atom. The third-order valence-corrected chi connectivity index (χ3v) is 5.24. The zero-order valence-corrected chi connectivity index (χ0v) is 14.7. The first kappa shape index (κ1) is 15.2. The Hall–Kier alpha value is -1.75. The van der Waals surface area contributed by atoms with Gasteiger partial charge in [-0.1, -0.05) is 13.8 Å². The van der Waals surface area contributed by atoms with Gasteiger partial charge in [-0.05, 0) is 39.7 Å². The van der Waals surface area contributed by atoms with E-state index in [4.69, 9.17) is 10.1 Å². The van der Waals surface area contributed by atoms with Crippen LogP contribution in [0.5, 0.6) is 0 Å². The molecule has 22 heavy (non-hydrogen) atoms. The molecule has 0 bridgehead atoms. The van der Waals surface area contributed by atoms with Crippen LogP contribution in [0.15, 0.2) is 11.6 Å². The molecule has 4 nitrogen and oxygen atoms in total. The highest BCUT2D eigenvalue weighted by Gasteiger charge is 2.21. The van der Waals surface area contributed by atoms with Gasteiger partial charge in [-0.15, -0.1) is 11.3 Å². The van der Waals surface area contributed by atoms with Gasteiger partial charge in [0.15, 0.2) is 5.65 Å². The highest BCUT2D eigenvalue weighted by atomic mass is 32.1. The van der Waals surface area contributed by atoms with Crippen LogP contribution >= 0.6 is 11.3 Å². The fourth-order valence-electron chi connectivity index (χ4n) is 3.08. The minimum atomic E-state index is 0.513. The molecule has 0 spiro atoms. The fourth-order valence-corrected chi connectivity index (χ4v) is 3.97. The molecular formula is C17H22N4S. The maximum absolute atomic E-state index is 4.80. The Kier molecular flexibility index (Phi) is 4.00. The van der Waals surface area contributed by atoms with Crippen LogP contribution in [0.2, 0.25) is 0 Å². The summed E-state index contributed by atoms with van der Waals surface area (Å²) < 4.78 is 2.05. The van der Waals surface area contributed by atoms with Crippen LogP contribution in [-0.4, -0.2) is 19.6 Å². The lowest BCUT2D eigenvalue weighted by atomic mass is 9.98. The summed E-state index contributed by atoms with van der Waals surface area (Å²) in [5, 5.41) is 4.80. The molecule has 0 atom stereocenters. The molecule has 0 aliphatic carbocycles. The van der Waals surface area contributed by atoms with Crippen molar-refractivity contribution in [2.24, 2.45) is 0 Å². The number of nitrogens with zero attached hydrogens (tertiary/aromatic N) is 4. The van der Waals surface area contributed by atoms with E-state index in [1.54, 1.807) is 11.3 Å². The number of thiazole rings is 1. The summed E-state index contributed by atoms with van der Waals surface area (Å²) >= 11 is 1.66. The molecule has 0 fully saturated rings. The number of hydrogen-bond acceptors (Lipinski definition) is 4. The van der Waals surface area contributed by atoms with Crippen LogP contribution in [0.3, 0.4) is 0 Å². The summed E-state index contributed by atoms with van der Waals surface area (Å²) in [5.74, 6) is 0.513. The molecule has 0 radical (unpaired) electrons. The van der Waals surface area contributed by atoms with Crippen molar-refractivity contribution in [1.29, 1.82) is 0 Å². The quantitative estimate of drug-likeness (QED) is 0.702. The second kappa shape index (κ2) is 5.80. The van der Waals surface area contributed by atoms with Gasteiger partial charge in [0.25, 0.3) is 0 Å². The average Bonchev–Trinajstić information content (AvgIpc) is 3.03. The van der Waals surface area contributed by atoms with Crippen molar-refractivity contribution in [3.05, 3.63) is 34.4 Å². The highest BCUT2D eigenvalue weighted by molar-refractivity contribution is 7.13. The summed E-state index contributed by atoms with van der Waals surface area (Å²) in [6.07, 6.45) is 2.23. The first-order valence-electron chi connectivity index (χ1n) is 7.84. The van der Waals surface area contributed by atoms with E-state index in [0.29, 0.717) is 5.92 Å². The SMILES string of the molecule is CCC(CC)c1cc(C)nc2c(-c3scnc3C)c(C)nn12. The first-order valence-corrected chi connectivity index (χ1v) is 8.72.